The van der Waals surface area contributed by atoms with Gasteiger partial charge in [0.2, 0.25) is 10.0 Å². The van der Waals surface area contributed by atoms with Gasteiger partial charge in [0.15, 0.2) is 0 Å². The summed E-state index contributed by atoms with van der Waals surface area (Å²) in [4.78, 5) is 11.2. The van der Waals surface area contributed by atoms with Crippen LogP contribution in [0.3, 0.4) is 0 Å². The lowest BCUT2D eigenvalue weighted by molar-refractivity contribution is 0.0697. The van der Waals surface area contributed by atoms with Crippen molar-refractivity contribution in [2.24, 2.45) is 0 Å². The quantitative estimate of drug-likeness (QED) is 0.938. The second-order valence-electron chi connectivity index (χ2n) is 4.78. The summed E-state index contributed by atoms with van der Waals surface area (Å²) < 4.78 is 39.3. The number of rotatable bonds is 4. The number of hydrogen-bond donors (Lipinski definition) is 1. The lowest BCUT2D eigenvalue weighted by Gasteiger charge is -2.16. The van der Waals surface area contributed by atoms with E-state index in [1.54, 1.807) is 6.07 Å². The number of carboxylic acid groups (broad SMARTS) is 1. The minimum Gasteiger partial charge on any atom is -0.478 e. The molecule has 0 unspecified atom stereocenters. The highest BCUT2D eigenvalue weighted by atomic mass is 32.2. The average molecular weight is 323 g/mol. The SMILES string of the molecule is CN(C)S(=O)(=O)c1ccccc1-c1cc(F)ccc1C(=O)O. The third-order valence-electron chi connectivity index (χ3n) is 3.15. The molecule has 2 rings (SSSR count). The number of hydrogen-bond acceptors (Lipinski definition) is 3. The van der Waals surface area contributed by atoms with Gasteiger partial charge in [-0.2, -0.15) is 0 Å². The average Bonchev–Trinajstić information content (AvgIpc) is 2.46. The van der Waals surface area contributed by atoms with Crippen molar-refractivity contribution < 1.29 is 22.7 Å². The van der Waals surface area contributed by atoms with Gasteiger partial charge in [-0.3, -0.25) is 0 Å². The van der Waals surface area contributed by atoms with E-state index in [2.05, 4.69) is 0 Å². The summed E-state index contributed by atoms with van der Waals surface area (Å²) in [5, 5.41) is 9.24. The number of halogens is 1. The molecule has 0 saturated heterocycles. The lowest BCUT2D eigenvalue weighted by Crippen LogP contribution is -2.23. The van der Waals surface area contributed by atoms with Crippen LogP contribution in [0.5, 0.6) is 0 Å². The second kappa shape index (κ2) is 5.86. The highest BCUT2D eigenvalue weighted by Crippen LogP contribution is 2.31. The fraction of sp³-hybridized carbons (Fsp3) is 0.133. The van der Waals surface area contributed by atoms with Gasteiger partial charge >= 0.3 is 5.97 Å². The first-order valence-electron chi connectivity index (χ1n) is 6.30. The van der Waals surface area contributed by atoms with E-state index < -0.39 is 21.8 Å². The molecule has 0 spiro atoms. The topological polar surface area (TPSA) is 74.7 Å². The summed E-state index contributed by atoms with van der Waals surface area (Å²) in [5.41, 5.74) is 0.00410. The number of aromatic carboxylic acids is 1. The molecule has 5 nitrogen and oxygen atoms in total. The molecule has 0 aliphatic carbocycles. The van der Waals surface area contributed by atoms with Crippen LogP contribution in [0.1, 0.15) is 10.4 Å². The van der Waals surface area contributed by atoms with Gasteiger partial charge in [0.1, 0.15) is 5.82 Å². The monoisotopic (exact) mass is 323 g/mol. The van der Waals surface area contributed by atoms with Crippen molar-refractivity contribution in [3.8, 4) is 11.1 Å². The van der Waals surface area contributed by atoms with Crippen LogP contribution in [0.25, 0.3) is 11.1 Å². The summed E-state index contributed by atoms with van der Waals surface area (Å²) >= 11 is 0. The minimum absolute atomic E-state index is 0.0218. The van der Waals surface area contributed by atoms with Gasteiger partial charge in [-0.1, -0.05) is 18.2 Å². The Morgan fingerprint density at radius 3 is 2.32 bits per heavy atom. The Hall–Kier alpha value is -2.25. The van der Waals surface area contributed by atoms with E-state index in [0.29, 0.717) is 0 Å². The Morgan fingerprint density at radius 2 is 1.73 bits per heavy atom. The van der Waals surface area contributed by atoms with Crippen molar-refractivity contribution in [2.75, 3.05) is 14.1 Å². The molecule has 2 aromatic rings. The van der Waals surface area contributed by atoms with Crippen molar-refractivity contribution in [2.45, 2.75) is 4.90 Å². The Morgan fingerprint density at radius 1 is 1.09 bits per heavy atom. The minimum atomic E-state index is -3.79. The predicted octanol–water partition coefficient (Wildman–Crippen LogP) is 2.44. The molecule has 2 aromatic carbocycles. The second-order valence-corrected chi connectivity index (χ2v) is 6.90. The molecule has 0 amide bonds. The Balaban J connectivity index is 2.81. The maximum absolute atomic E-state index is 13.5. The molecule has 1 N–H and O–H groups in total. The summed E-state index contributed by atoms with van der Waals surface area (Å²) in [6.45, 7) is 0. The lowest BCUT2D eigenvalue weighted by atomic mass is 9.99. The van der Waals surface area contributed by atoms with Gasteiger partial charge in [0.05, 0.1) is 10.5 Å². The molecule has 0 radical (unpaired) electrons. The van der Waals surface area contributed by atoms with E-state index in [0.717, 1.165) is 22.5 Å². The molecule has 0 aromatic heterocycles. The largest absolute Gasteiger partial charge is 0.478 e. The number of carbonyl (C=O) groups is 1. The van der Waals surface area contributed by atoms with Crippen LogP contribution in [0, 0.1) is 5.82 Å². The van der Waals surface area contributed by atoms with Gasteiger partial charge in [-0.15, -0.1) is 0 Å². The molecule has 22 heavy (non-hydrogen) atoms. The molecular weight excluding hydrogens is 309 g/mol. The molecule has 116 valence electrons. The molecule has 0 aliphatic rings. The fourth-order valence-corrected chi connectivity index (χ4v) is 3.14. The zero-order valence-electron chi connectivity index (χ0n) is 11.9. The van der Waals surface area contributed by atoms with E-state index in [9.17, 15) is 22.7 Å². The van der Waals surface area contributed by atoms with Gasteiger partial charge in [0.25, 0.3) is 0 Å². The predicted molar refractivity (Wildman–Crippen MR) is 79.7 cm³/mol. The Labute approximate surface area is 127 Å². The molecule has 7 heteroatoms. The van der Waals surface area contributed by atoms with Crippen LogP contribution < -0.4 is 0 Å². The number of carboxylic acids is 1. The van der Waals surface area contributed by atoms with E-state index >= 15 is 0 Å². The Kier molecular flexibility index (Phi) is 4.30. The third kappa shape index (κ3) is 2.86. The summed E-state index contributed by atoms with van der Waals surface area (Å²) in [7, 11) is -1.05. The van der Waals surface area contributed by atoms with Crippen molar-refractivity contribution in [1.29, 1.82) is 0 Å². The van der Waals surface area contributed by atoms with Crippen molar-refractivity contribution in [3.05, 3.63) is 53.8 Å². The Bertz CT molecular complexity index is 831. The first kappa shape index (κ1) is 16.1. The number of benzene rings is 2. The van der Waals surface area contributed by atoms with E-state index in [1.165, 1.54) is 32.3 Å². The van der Waals surface area contributed by atoms with Crippen LogP contribution >= 0.6 is 0 Å². The standard InChI is InChI=1S/C15H14FNO4S/c1-17(2)22(20,21)14-6-4-3-5-11(14)13-9-10(16)7-8-12(13)15(18)19/h3-9H,1-2H3,(H,18,19). The summed E-state index contributed by atoms with van der Waals surface area (Å²) in [6, 6.07) is 9.08. The highest BCUT2D eigenvalue weighted by Gasteiger charge is 2.24. The summed E-state index contributed by atoms with van der Waals surface area (Å²) in [6.07, 6.45) is 0. The van der Waals surface area contributed by atoms with Crippen LogP contribution in [0.15, 0.2) is 47.4 Å². The van der Waals surface area contributed by atoms with Crippen LogP contribution in [0.2, 0.25) is 0 Å². The zero-order valence-corrected chi connectivity index (χ0v) is 12.8. The van der Waals surface area contributed by atoms with E-state index in [1.807, 2.05) is 0 Å². The van der Waals surface area contributed by atoms with Gasteiger partial charge in [-0.25, -0.2) is 21.9 Å². The van der Waals surface area contributed by atoms with Gasteiger partial charge in [0, 0.05) is 25.2 Å². The zero-order chi connectivity index (χ0) is 16.5. The van der Waals surface area contributed by atoms with Crippen LogP contribution in [-0.2, 0) is 10.0 Å². The first-order chi connectivity index (χ1) is 10.2. The van der Waals surface area contributed by atoms with E-state index in [-0.39, 0.29) is 21.6 Å². The molecule has 0 heterocycles. The van der Waals surface area contributed by atoms with Crippen LogP contribution in [0.4, 0.5) is 4.39 Å². The maximum Gasteiger partial charge on any atom is 0.336 e. The highest BCUT2D eigenvalue weighted by molar-refractivity contribution is 7.89. The van der Waals surface area contributed by atoms with Crippen molar-refractivity contribution in [3.63, 3.8) is 0 Å². The molecule has 0 fully saturated rings. The third-order valence-corrected chi connectivity index (χ3v) is 5.02. The molecule has 0 atom stereocenters. The fourth-order valence-electron chi connectivity index (χ4n) is 2.04. The van der Waals surface area contributed by atoms with E-state index in [4.69, 9.17) is 0 Å². The molecule has 0 saturated carbocycles. The first-order valence-corrected chi connectivity index (χ1v) is 7.74. The van der Waals surface area contributed by atoms with Gasteiger partial charge in [-0.05, 0) is 24.3 Å². The van der Waals surface area contributed by atoms with Crippen LogP contribution in [-0.4, -0.2) is 37.9 Å². The number of nitrogens with zero attached hydrogens (tertiary/aromatic N) is 1. The molecule has 0 aliphatic heterocycles. The number of sulfonamides is 1. The van der Waals surface area contributed by atoms with Crippen molar-refractivity contribution >= 4 is 16.0 Å². The molecule has 0 bridgehead atoms. The smallest absolute Gasteiger partial charge is 0.336 e. The van der Waals surface area contributed by atoms with Crippen molar-refractivity contribution in [1.82, 2.24) is 4.31 Å². The normalized spacial score (nSPS) is 11.6. The van der Waals surface area contributed by atoms with Gasteiger partial charge < -0.3 is 5.11 Å². The molecular formula is C15H14FNO4S. The maximum atomic E-state index is 13.5. The summed E-state index contributed by atoms with van der Waals surface area (Å²) in [5.74, 6) is -1.90.